The lowest BCUT2D eigenvalue weighted by atomic mass is 10.00. The molecule has 3 N–H and O–H groups in total. The molecule has 2 rings (SSSR count). The Labute approximate surface area is 105 Å². The van der Waals surface area contributed by atoms with Crippen molar-refractivity contribution in [2.75, 3.05) is 13.1 Å². The molecule has 0 saturated carbocycles. The lowest BCUT2D eigenvalue weighted by molar-refractivity contribution is -0.0767. The summed E-state index contributed by atoms with van der Waals surface area (Å²) in [6.45, 7) is 4.19. The zero-order valence-corrected chi connectivity index (χ0v) is 10.4. The van der Waals surface area contributed by atoms with Crippen LogP contribution in [0.3, 0.4) is 0 Å². The van der Waals surface area contributed by atoms with Gasteiger partial charge in [0, 0.05) is 23.7 Å². The molecule has 0 aliphatic carbocycles. The molecule has 0 radical (unpaired) electrons. The van der Waals surface area contributed by atoms with Gasteiger partial charge in [0.05, 0.1) is 12.2 Å². The van der Waals surface area contributed by atoms with Crippen molar-refractivity contribution in [2.24, 2.45) is 5.73 Å². The second-order valence-electron chi connectivity index (χ2n) is 4.51. The molecule has 5 heteroatoms. The predicted molar refractivity (Wildman–Crippen MR) is 66.0 cm³/mol. The van der Waals surface area contributed by atoms with Gasteiger partial charge in [-0.1, -0.05) is 17.7 Å². The van der Waals surface area contributed by atoms with Gasteiger partial charge < -0.3 is 15.8 Å². The molecule has 4 nitrogen and oxygen atoms in total. The third kappa shape index (κ3) is 2.77. The fourth-order valence-electron chi connectivity index (χ4n) is 1.65. The van der Waals surface area contributed by atoms with Crippen molar-refractivity contribution in [1.82, 2.24) is 5.32 Å². The molecule has 1 heterocycles. The quantitative estimate of drug-likeness (QED) is 0.852. The van der Waals surface area contributed by atoms with Gasteiger partial charge in [0.1, 0.15) is 0 Å². The first kappa shape index (κ1) is 12.4. The molecule has 0 aromatic heterocycles. The maximum atomic E-state index is 11.0. The van der Waals surface area contributed by atoms with Gasteiger partial charge in [-0.15, -0.1) is 0 Å². The molecule has 1 saturated heterocycles. The topological polar surface area (TPSA) is 64.3 Å². The summed E-state index contributed by atoms with van der Waals surface area (Å²) in [6, 6.07) is 5.01. The molecule has 0 bridgehead atoms. The van der Waals surface area contributed by atoms with Gasteiger partial charge in [-0.25, -0.2) is 0 Å². The van der Waals surface area contributed by atoms with Crippen LogP contribution in [0.4, 0.5) is 0 Å². The zero-order valence-electron chi connectivity index (χ0n) is 9.63. The number of rotatable bonds is 4. The molecule has 1 aliphatic rings. The van der Waals surface area contributed by atoms with Crippen molar-refractivity contribution in [1.29, 1.82) is 0 Å². The van der Waals surface area contributed by atoms with E-state index in [0.717, 1.165) is 18.7 Å². The molecule has 0 spiro atoms. The van der Waals surface area contributed by atoms with E-state index in [1.807, 2.05) is 0 Å². The monoisotopic (exact) mass is 254 g/mol. The third-order valence-corrected chi connectivity index (χ3v) is 3.26. The Morgan fingerprint density at radius 1 is 1.59 bits per heavy atom. The van der Waals surface area contributed by atoms with Crippen molar-refractivity contribution < 1.29 is 9.53 Å². The molecule has 1 amide bonds. The Hall–Kier alpha value is -1.10. The van der Waals surface area contributed by atoms with E-state index in [9.17, 15) is 4.79 Å². The minimum atomic E-state index is -0.477. The molecule has 1 aromatic rings. The Kier molecular flexibility index (Phi) is 3.38. The average Bonchev–Trinajstić information content (AvgIpc) is 2.24. The smallest absolute Gasteiger partial charge is 0.248 e. The molecule has 92 valence electrons. The first-order chi connectivity index (χ1) is 8.00. The van der Waals surface area contributed by atoms with Crippen LogP contribution in [0.15, 0.2) is 18.2 Å². The number of halogens is 1. The number of nitrogens with one attached hydrogen (secondary N) is 1. The molecular weight excluding hydrogens is 240 g/mol. The summed E-state index contributed by atoms with van der Waals surface area (Å²) in [5.41, 5.74) is 6.34. The van der Waals surface area contributed by atoms with Crippen LogP contribution in [0, 0.1) is 0 Å². The minimum Gasteiger partial charge on any atom is -0.368 e. The maximum Gasteiger partial charge on any atom is 0.248 e. The summed E-state index contributed by atoms with van der Waals surface area (Å²) < 4.78 is 5.77. The fourth-order valence-corrected chi connectivity index (χ4v) is 1.88. The lowest BCUT2D eigenvalue weighted by Gasteiger charge is -2.39. The van der Waals surface area contributed by atoms with E-state index < -0.39 is 5.91 Å². The Morgan fingerprint density at radius 2 is 2.29 bits per heavy atom. The van der Waals surface area contributed by atoms with Gasteiger partial charge in [0.2, 0.25) is 5.91 Å². The van der Waals surface area contributed by atoms with Crippen LogP contribution in [0.2, 0.25) is 5.02 Å². The van der Waals surface area contributed by atoms with Crippen LogP contribution < -0.4 is 11.1 Å². The number of ether oxygens (including phenoxy) is 1. The van der Waals surface area contributed by atoms with Crippen LogP contribution >= 0.6 is 11.6 Å². The van der Waals surface area contributed by atoms with Crippen LogP contribution in [0.5, 0.6) is 0 Å². The number of primary amides is 1. The molecule has 0 unspecified atom stereocenters. The first-order valence-electron chi connectivity index (χ1n) is 5.43. The summed E-state index contributed by atoms with van der Waals surface area (Å²) in [7, 11) is 0. The number of carbonyl (C=O) groups is 1. The summed E-state index contributed by atoms with van der Waals surface area (Å²) in [5.74, 6) is -0.477. The Morgan fingerprint density at radius 3 is 2.76 bits per heavy atom. The normalized spacial score (nSPS) is 17.5. The second kappa shape index (κ2) is 4.64. The van der Waals surface area contributed by atoms with Crippen LogP contribution in [0.1, 0.15) is 22.8 Å². The third-order valence-electron chi connectivity index (χ3n) is 2.91. The van der Waals surface area contributed by atoms with Gasteiger partial charge in [-0.3, -0.25) is 4.79 Å². The highest BCUT2D eigenvalue weighted by Gasteiger charge is 2.32. The number of hydrogen-bond donors (Lipinski definition) is 2. The molecular formula is C12H15ClN2O2. The molecule has 1 fully saturated rings. The Bertz CT molecular complexity index is 444. The van der Waals surface area contributed by atoms with Gasteiger partial charge in [-0.05, 0) is 24.6 Å². The van der Waals surface area contributed by atoms with Crippen LogP contribution in [-0.2, 0) is 11.3 Å². The SMILES string of the molecule is CC1(OCc2ccc(C(N)=O)cc2Cl)CNC1. The van der Waals surface area contributed by atoms with E-state index in [1.165, 1.54) is 0 Å². The van der Waals surface area contributed by atoms with Crippen molar-refractivity contribution in [3.8, 4) is 0 Å². The molecule has 1 aliphatic heterocycles. The highest BCUT2D eigenvalue weighted by atomic mass is 35.5. The summed E-state index contributed by atoms with van der Waals surface area (Å²) >= 11 is 6.06. The summed E-state index contributed by atoms with van der Waals surface area (Å²) in [4.78, 5) is 11.0. The van der Waals surface area contributed by atoms with E-state index in [2.05, 4.69) is 12.2 Å². The number of hydrogen-bond acceptors (Lipinski definition) is 3. The summed E-state index contributed by atoms with van der Waals surface area (Å²) in [6.07, 6.45) is 0. The van der Waals surface area contributed by atoms with Crippen molar-refractivity contribution in [2.45, 2.75) is 19.1 Å². The lowest BCUT2D eigenvalue weighted by Crippen LogP contribution is -2.58. The van der Waals surface area contributed by atoms with E-state index >= 15 is 0 Å². The minimum absolute atomic E-state index is 0.105. The van der Waals surface area contributed by atoms with E-state index in [1.54, 1.807) is 18.2 Å². The number of nitrogens with two attached hydrogens (primary N) is 1. The highest BCUT2D eigenvalue weighted by Crippen LogP contribution is 2.23. The van der Waals surface area contributed by atoms with Crippen LogP contribution in [-0.4, -0.2) is 24.6 Å². The van der Waals surface area contributed by atoms with Gasteiger partial charge >= 0.3 is 0 Å². The maximum absolute atomic E-state index is 11.0. The van der Waals surface area contributed by atoms with Gasteiger partial charge in [0.25, 0.3) is 0 Å². The molecule has 17 heavy (non-hydrogen) atoms. The summed E-state index contributed by atoms with van der Waals surface area (Å²) in [5, 5.41) is 3.67. The van der Waals surface area contributed by atoms with Gasteiger partial charge in [-0.2, -0.15) is 0 Å². The largest absolute Gasteiger partial charge is 0.368 e. The standard InChI is InChI=1S/C12H15ClN2O2/c1-12(6-15-7-12)17-5-9-3-2-8(11(14)16)4-10(9)13/h2-4,15H,5-7H2,1H3,(H2,14,16). The molecule has 1 aromatic carbocycles. The number of carbonyl (C=O) groups excluding carboxylic acids is 1. The van der Waals surface area contributed by atoms with E-state index in [4.69, 9.17) is 22.1 Å². The van der Waals surface area contributed by atoms with Crippen LogP contribution in [0.25, 0.3) is 0 Å². The predicted octanol–water partition coefficient (Wildman–Crippen LogP) is 1.32. The fraction of sp³-hybridized carbons (Fsp3) is 0.417. The van der Waals surface area contributed by atoms with Crippen molar-refractivity contribution in [3.05, 3.63) is 34.3 Å². The van der Waals surface area contributed by atoms with Gasteiger partial charge in [0.15, 0.2) is 0 Å². The highest BCUT2D eigenvalue weighted by molar-refractivity contribution is 6.31. The van der Waals surface area contributed by atoms with Crippen molar-refractivity contribution >= 4 is 17.5 Å². The zero-order chi connectivity index (χ0) is 12.5. The Balaban J connectivity index is 2.03. The van der Waals surface area contributed by atoms with E-state index in [-0.39, 0.29) is 5.60 Å². The second-order valence-corrected chi connectivity index (χ2v) is 4.92. The number of amides is 1. The average molecular weight is 255 g/mol. The van der Waals surface area contributed by atoms with E-state index in [0.29, 0.717) is 17.2 Å². The number of benzene rings is 1. The first-order valence-corrected chi connectivity index (χ1v) is 5.81. The van der Waals surface area contributed by atoms with Crippen molar-refractivity contribution in [3.63, 3.8) is 0 Å². The molecule has 0 atom stereocenters.